The second-order valence-corrected chi connectivity index (χ2v) is 4.82. The average molecular weight is 185 g/mol. The van der Waals surface area contributed by atoms with E-state index >= 15 is 0 Å². The van der Waals surface area contributed by atoms with Gasteiger partial charge in [-0.2, -0.15) is 12.6 Å². The SMILES string of the molecule is SCCC1CCC2CNCC2C1. The molecule has 3 atom stereocenters. The number of nitrogens with one attached hydrogen (secondary N) is 1. The summed E-state index contributed by atoms with van der Waals surface area (Å²) in [5.41, 5.74) is 0. The molecule has 2 rings (SSSR count). The molecule has 70 valence electrons. The van der Waals surface area contributed by atoms with Crippen LogP contribution in [0.2, 0.25) is 0 Å². The van der Waals surface area contributed by atoms with Gasteiger partial charge in [0.25, 0.3) is 0 Å². The van der Waals surface area contributed by atoms with Crippen LogP contribution in [0.3, 0.4) is 0 Å². The van der Waals surface area contributed by atoms with Crippen LogP contribution in [0.15, 0.2) is 0 Å². The van der Waals surface area contributed by atoms with Crippen LogP contribution in [0.25, 0.3) is 0 Å². The first-order chi connectivity index (χ1) is 5.90. The first-order valence-corrected chi connectivity index (χ1v) is 5.85. The molecular weight excluding hydrogens is 166 g/mol. The van der Waals surface area contributed by atoms with Gasteiger partial charge < -0.3 is 5.32 Å². The molecule has 1 N–H and O–H groups in total. The summed E-state index contributed by atoms with van der Waals surface area (Å²) in [5, 5.41) is 3.51. The Hall–Kier alpha value is 0.310. The minimum absolute atomic E-state index is 0.989. The van der Waals surface area contributed by atoms with Crippen LogP contribution in [0.4, 0.5) is 0 Å². The zero-order valence-corrected chi connectivity index (χ0v) is 8.52. The van der Waals surface area contributed by atoms with E-state index in [1.807, 2.05) is 0 Å². The summed E-state index contributed by atoms with van der Waals surface area (Å²) < 4.78 is 0. The summed E-state index contributed by atoms with van der Waals surface area (Å²) in [6, 6.07) is 0. The van der Waals surface area contributed by atoms with Gasteiger partial charge in [-0.05, 0) is 55.9 Å². The molecule has 2 fully saturated rings. The van der Waals surface area contributed by atoms with Crippen LogP contribution in [0.1, 0.15) is 25.7 Å². The molecule has 0 aromatic rings. The van der Waals surface area contributed by atoms with Crippen LogP contribution in [0.5, 0.6) is 0 Å². The van der Waals surface area contributed by atoms with Gasteiger partial charge in [-0.3, -0.25) is 0 Å². The van der Waals surface area contributed by atoms with Gasteiger partial charge in [-0.1, -0.05) is 6.42 Å². The lowest BCUT2D eigenvalue weighted by molar-refractivity contribution is 0.221. The van der Waals surface area contributed by atoms with Gasteiger partial charge in [0, 0.05) is 0 Å². The highest BCUT2D eigenvalue weighted by Crippen LogP contribution is 2.37. The van der Waals surface area contributed by atoms with E-state index in [1.54, 1.807) is 0 Å². The molecule has 1 saturated heterocycles. The number of rotatable bonds is 2. The van der Waals surface area contributed by atoms with Gasteiger partial charge in [0.05, 0.1) is 0 Å². The first kappa shape index (κ1) is 8.89. The molecule has 1 aliphatic heterocycles. The van der Waals surface area contributed by atoms with Crippen molar-refractivity contribution < 1.29 is 0 Å². The summed E-state index contributed by atoms with van der Waals surface area (Å²) >= 11 is 4.31. The zero-order valence-electron chi connectivity index (χ0n) is 7.63. The quantitative estimate of drug-likeness (QED) is 0.627. The number of hydrogen-bond donors (Lipinski definition) is 2. The Balaban J connectivity index is 1.84. The third kappa shape index (κ3) is 1.80. The fourth-order valence-corrected chi connectivity index (χ4v) is 3.21. The molecule has 1 aliphatic carbocycles. The predicted octanol–water partition coefficient (Wildman–Crippen LogP) is 1.94. The van der Waals surface area contributed by atoms with E-state index in [-0.39, 0.29) is 0 Å². The summed E-state index contributed by atoms with van der Waals surface area (Å²) in [4.78, 5) is 0. The summed E-state index contributed by atoms with van der Waals surface area (Å²) in [5.74, 6) is 4.09. The molecule has 0 aromatic heterocycles. The molecule has 1 saturated carbocycles. The molecule has 1 nitrogen and oxygen atoms in total. The van der Waals surface area contributed by atoms with Crippen molar-refractivity contribution in [3.05, 3.63) is 0 Å². The van der Waals surface area contributed by atoms with E-state index in [4.69, 9.17) is 0 Å². The number of fused-ring (bicyclic) bond motifs is 1. The van der Waals surface area contributed by atoms with Gasteiger partial charge in [-0.15, -0.1) is 0 Å². The average Bonchev–Trinajstić information content (AvgIpc) is 2.51. The van der Waals surface area contributed by atoms with Gasteiger partial charge in [0.1, 0.15) is 0 Å². The van der Waals surface area contributed by atoms with E-state index in [9.17, 15) is 0 Å². The van der Waals surface area contributed by atoms with Crippen LogP contribution >= 0.6 is 12.6 Å². The lowest BCUT2D eigenvalue weighted by atomic mass is 9.75. The molecule has 0 amide bonds. The maximum absolute atomic E-state index is 4.31. The van der Waals surface area contributed by atoms with E-state index in [0.717, 1.165) is 23.5 Å². The molecule has 0 aromatic carbocycles. The normalized spacial score (nSPS) is 41.2. The monoisotopic (exact) mass is 185 g/mol. The highest BCUT2D eigenvalue weighted by Gasteiger charge is 2.32. The molecule has 2 heteroatoms. The van der Waals surface area contributed by atoms with Gasteiger partial charge in [0.15, 0.2) is 0 Å². The predicted molar refractivity (Wildman–Crippen MR) is 55.7 cm³/mol. The summed E-state index contributed by atoms with van der Waals surface area (Å²) in [7, 11) is 0. The van der Waals surface area contributed by atoms with Gasteiger partial charge in [-0.25, -0.2) is 0 Å². The van der Waals surface area contributed by atoms with Crippen LogP contribution in [0, 0.1) is 17.8 Å². The zero-order chi connectivity index (χ0) is 8.39. The molecular formula is C10H19NS. The first-order valence-electron chi connectivity index (χ1n) is 5.21. The van der Waals surface area contributed by atoms with Gasteiger partial charge >= 0.3 is 0 Å². The molecule has 0 spiro atoms. The summed E-state index contributed by atoms with van der Waals surface area (Å²) in [6.45, 7) is 2.58. The Morgan fingerprint density at radius 2 is 2.00 bits per heavy atom. The van der Waals surface area contributed by atoms with Crippen LogP contribution < -0.4 is 5.32 Å². The van der Waals surface area contributed by atoms with Crippen molar-refractivity contribution in [2.24, 2.45) is 17.8 Å². The fourth-order valence-electron chi connectivity index (χ4n) is 2.84. The minimum Gasteiger partial charge on any atom is -0.316 e. The van der Waals surface area contributed by atoms with E-state index in [0.29, 0.717) is 0 Å². The molecule has 1 heterocycles. The maximum atomic E-state index is 4.31. The van der Waals surface area contributed by atoms with Crippen LogP contribution in [-0.4, -0.2) is 18.8 Å². The van der Waals surface area contributed by atoms with Crippen molar-refractivity contribution in [2.75, 3.05) is 18.8 Å². The third-order valence-corrected chi connectivity index (χ3v) is 3.86. The molecule has 0 bridgehead atoms. The Bertz CT molecular complexity index is 149. The minimum atomic E-state index is 0.989. The lowest BCUT2D eigenvalue weighted by Crippen LogP contribution is -2.23. The van der Waals surface area contributed by atoms with Crippen molar-refractivity contribution in [3.63, 3.8) is 0 Å². The Kier molecular flexibility index (Phi) is 2.97. The Morgan fingerprint density at radius 1 is 1.17 bits per heavy atom. The Labute approximate surface area is 80.7 Å². The van der Waals surface area contributed by atoms with Crippen molar-refractivity contribution >= 4 is 12.6 Å². The standard InChI is InChI=1S/C10H19NS/c12-4-3-8-1-2-9-6-11-7-10(9)5-8/h8-12H,1-7H2. The molecule has 0 radical (unpaired) electrons. The highest BCUT2D eigenvalue weighted by molar-refractivity contribution is 7.80. The van der Waals surface area contributed by atoms with Crippen molar-refractivity contribution in [2.45, 2.75) is 25.7 Å². The number of thiol groups is 1. The van der Waals surface area contributed by atoms with Crippen LogP contribution in [-0.2, 0) is 0 Å². The number of hydrogen-bond acceptors (Lipinski definition) is 2. The smallest absolute Gasteiger partial charge is 0.00172 e. The van der Waals surface area contributed by atoms with Crippen molar-refractivity contribution in [1.29, 1.82) is 0 Å². The van der Waals surface area contributed by atoms with E-state index < -0.39 is 0 Å². The fraction of sp³-hybridized carbons (Fsp3) is 1.00. The maximum Gasteiger partial charge on any atom is -0.00172 e. The lowest BCUT2D eigenvalue weighted by Gasteiger charge is -2.30. The molecule has 3 unspecified atom stereocenters. The van der Waals surface area contributed by atoms with E-state index in [2.05, 4.69) is 17.9 Å². The highest BCUT2D eigenvalue weighted by atomic mass is 32.1. The molecule has 12 heavy (non-hydrogen) atoms. The van der Waals surface area contributed by atoms with E-state index in [1.165, 1.54) is 38.8 Å². The third-order valence-electron chi connectivity index (χ3n) is 3.60. The second kappa shape index (κ2) is 4.01. The second-order valence-electron chi connectivity index (χ2n) is 4.37. The topological polar surface area (TPSA) is 12.0 Å². The van der Waals surface area contributed by atoms with Crippen molar-refractivity contribution in [1.82, 2.24) is 5.32 Å². The Morgan fingerprint density at radius 3 is 2.83 bits per heavy atom. The van der Waals surface area contributed by atoms with Gasteiger partial charge in [0.2, 0.25) is 0 Å². The summed E-state index contributed by atoms with van der Waals surface area (Å²) in [6.07, 6.45) is 5.74. The molecule has 2 aliphatic rings. The van der Waals surface area contributed by atoms with Crippen molar-refractivity contribution in [3.8, 4) is 0 Å². The largest absolute Gasteiger partial charge is 0.316 e.